The van der Waals surface area contributed by atoms with E-state index in [0.29, 0.717) is 43.2 Å². The molecule has 2 fully saturated rings. The first kappa shape index (κ1) is 32.0. The molecular formula is C33H29Cl4N3O4. The third-order valence-corrected chi connectivity index (χ3v) is 8.49. The first-order chi connectivity index (χ1) is 20.8. The fourth-order valence-corrected chi connectivity index (χ4v) is 6.03. The Kier molecular flexibility index (Phi) is 9.99. The number of nitrogens with one attached hydrogen (secondary N) is 1. The number of rotatable bonds is 7. The van der Waals surface area contributed by atoms with Gasteiger partial charge in [-0.25, -0.2) is 4.79 Å². The number of anilines is 1. The van der Waals surface area contributed by atoms with Crippen LogP contribution in [-0.2, 0) is 0 Å². The fraction of sp³-hybridized carbons (Fsp3) is 0.273. The Hall–Kier alpha value is -3.38. The lowest BCUT2D eigenvalue weighted by Crippen LogP contribution is -2.43. The third kappa shape index (κ3) is 6.96. The molecule has 0 spiro atoms. The molecule has 11 heteroatoms. The van der Waals surface area contributed by atoms with Crippen molar-refractivity contribution in [1.29, 1.82) is 0 Å². The summed E-state index contributed by atoms with van der Waals surface area (Å²) in [5, 5.41) is 18.7. The normalized spacial score (nSPS) is 15.1. The molecule has 7 nitrogen and oxygen atoms in total. The highest BCUT2D eigenvalue weighted by Gasteiger charge is 2.36. The van der Waals surface area contributed by atoms with Crippen LogP contribution in [0.3, 0.4) is 0 Å². The van der Waals surface area contributed by atoms with Gasteiger partial charge in [0.2, 0.25) is 0 Å². The van der Waals surface area contributed by atoms with Gasteiger partial charge in [0.25, 0.3) is 0 Å². The Morgan fingerprint density at radius 2 is 1.77 bits per heavy atom. The molecule has 1 aliphatic heterocycles. The zero-order valence-corrected chi connectivity index (χ0v) is 26.8. The van der Waals surface area contributed by atoms with Crippen molar-refractivity contribution in [3.05, 3.63) is 97.7 Å². The molecule has 1 aromatic heterocycles. The van der Waals surface area contributed by atoms with E-state index >= 15 is 0 Å². The molecule has 1 atom stereocenters. The molecule has 2 heterocycles. The van der Waals surface area contributed by atoms with Crippen LogP contribution < -0.4 is 15.0 Å². The molecule has 6 rings (SSSR count). The summed E-state index contributed by atoms with van der Waals surface area (Å²) in [6.07, 6.45) is 1.62. The second-order valence-electron chi connectivity index (χ2n) is 10.6. The largest absolute Gasteiger partial charge is 0.486 e. The summed E-state index contributed by atoms with van der Waals surface area (Å²) in [7, 11) is 0. The van der Waals surface area contributed by atoms with Gasteiger partial charge < -0.3 is 24.6 Å². The minimum atomic E-state index is -0.994. The number of hydrogen-bond acceptors (Lipinski definition) is 6. The molecule has 1 unspecified atom stereocenters. The molecule has 2 N–H and O–H groups in total. The first-order valence-electron chi connectivity index (χ1n) is 14.0. The molecule has 0 radical (unpaired) electrons. The minimum Gasteiger partial charge on any atom is -0.486 e. The van der Waals surface area contributed by atoms with Gasteiger partial charge >= 0.3 is 5.97 Å². The van der Waals surface area contributed by atoms with Gasteiger partial charge in [0.15, 0.2) is 0 Å². The van der Waals surface area contributed by atoms with Gasteiger partial charge in [0.05, 0.1) is 26.2 Å². The molecule has 3 aromatic carbocycles. The van der Waals surface area contributed by atoms with Crippen LogP contribution in [0.25, 0.3) is 11.3 Å². The van der Waals surface area contributed by atoms with Crippen molar-refractivity contribution in [3.63, 3.8) is 0 Å². The Morgan fingerprint density at radius 1 is 1.05 bits per heavy atom. The third-order valence-electron chi connectivity index (χ3n) is 7.55. The lowest BCUT2D eigenvalue weighted by molar-refractivity contribution is 0.0697. The van der Waals surface area contributed by atoms with Crippen LogP contribution in [0.5, 0.6) is 5.75 Å². The van der Waals surface area contributed by atoms with Crippen molar-refractivity contribution < 1.29 is 19.2 Å². The molecule has 4 aromatic rings. The number of benzene rings is 3. The van der Waals surface area contributed by atoms with Crippen LogP contribution >= 0.6 is 47.2 Å². The molecule has 44 heavy (non-hydrogen) atoms. The second kappa shape index (κ2) is 13.7. The van der Waals surface area contributed by atoms with E-state index in [4.69, 9.17) is 44.1 Å². The SMILES string of the molecule is CC(Oc1ccc(C#Cc2cc(C(=O)O)cc(N3CCNCC3)c2)c(Cl)c1)c1c(-c2c(Cl)cccc2Cl)noc1C1CC1.Cl. The maximum Gasteiger partial charge on any atom is 0.335 e. The zero-order chi connectivity index (χ0) is 30.1. The van der Waals surface area contributed by atoms with E-state index in [-0.39, 0.29) is 23.9 Å². The van der Waals surface area contributed by atoms with Crippen molar-refractivity contribution in [3.8, 4) is 28.8 Å². The Morgan fingerprint density at radius 3 is 2.43 bits per heavy atom. The number of nitrogens with zero attached hydrogens (tertiary/aromatic N) is 2. The molecular weight excluding hydrogens is 644 g/mol. The van der Waals surface area contributed by atoms with E-state index in [1.165, 1.54) is 0 Å². The summed E-state index contributed by atoms with van der Waals surface area (Å²) in [6, 6.07) is 15.8. The maximum atomic E-state index is 11.8. The fourth-order valence-electron chi connectivity index (χ4n) is 5.23. The van der Waals surface area contributed by atoms with Gasteiger partial charge in [0, 0.05) is 60.5 Å². The van der Waals surface area contributed by atoms with Gasteiger partial charge in [-0.15, -0.1) is 12.4 Å². The van der Waals surface area contributed by atoms with Crippen LogP contribution in [0, 0.1) is 11.8 Å². The van der Waals surface area contributed by atoms with E-state index < -0.39 is 12.1 Å². The summed E-state index contributed by atoms with van der Waals surface area (Å²) in [5.41, 5.74) is 4.23. The topological polar surface area (TPSA) is 87.8 Å². The van der Waals surface area contributed by atoms with Gasteiger partial charge in [-0.3, -0.25) is 0 Å². The van der Waals surface area contributed by atoms with Crippen molar-refractivity contribution in [2.75, 3.05) is 31.1 Å². The molecule has 0 amide bonds. The number of aromatic nitrogens is 1. The number of carbonyl (C=O) groups is 1. The molecule has 1 aliphatic carbocycles. The molecule has 1 saturated heterocycles. The second-order valence-corrected chi connectivity index (χ2v) is 11.9. The van der Waals surface area contributed by atoms with Crippen molar-refractivity contribution >= 4 is 58.9 Å². The van der Waals surface area contributed by atoms with Gasteiger partial charge in [-0.05, 0) is 62.2 Å². The molecule has 1 saturated carbocycles. The number of piperazine rings is 1. The Bertz CT molecular complexity index is 1730. The average molecular weight is 673 g/mol. The van der Waals surface area contributed by atoms with E-state index in [9.17, 15) is 9.90 Å². The summed E-state index contributed by atoms with van der Waals surface area (Å²) in [6.45, 7) is 5.21. The van der Waals surface area contributed by atoms with Crippen LogP contribution in [0.2, 0.25) is 15.1 Å². The van der Waals surface area contributed by atoms with Crippen molar-refractivity contribution in [1.82, 2.24) is 10.5 Å². The molecule has 0 bridgehead atoms. The highest BCUT2D eigenvalue weighted by atomic mass is 35.5. The minimum absolute atomic E-state index is 0. The Balaban J connectivity index is 0.00000384. The van der Waals surface area contributed by atoms with Gasteiger partial charge in [-0.1, -0.05) is 57.9 Å². The predicted molar refractivity (Wildman–Crippen MR) is 176 cm³/mol. The lowest BCUT2D eigenvalue weighted by Gasteiger charge is -2.29. The number of carboxylic acid groups (broad SMARTS) is 1. The van der Waals surface area contributed by atoms with Gasteiger partial charge in [0.1, 0.15) is 23.3 Å². The summed E-state index contributed by atoms with van der Waals surface area (Å²) >= 11 is 19.7. The van der Waals surface area contributed by atoms with Crippen LogP contribution in [-0.4, -0.2) is 42.4 Å². The molecule has 228 valence electrons. The Labute approximate surface area is 276 Å². The summed E-state index contributed by atoms with van der Waals surface area (Å²) < 4.78 is 12.1. The zero-order valence-electron chi connectivity index (χ0n) is 23.7. The monoisotopic (exact) mass is 671 g/mol. The smallest absolute Gasteiger partial charge is 0.335 e. The number of aromatic carboxylic acids is 1. The van der Waals surface area contributed by atoms with Crippen LogP contribution in [0.15, 0.2) is 59.1 Å². The number of halogens is 4. The quantitative estimate of drug-likeness (QED) is 0.191. The van der Waals surface area contributed by atoms with Crippen LogP contribution in [0.4, 0.5) is 5.69 Å². The van der Waals surface area contributed by atoms with E-state index in [0.717, 1.165) is 56.0 Å². The van der Waals surface area contributed by atoms with Gasteiger partial charge in [-0.2, -0.15) is 0 Å². The summed E-state index contributed by atoms with van der Waals surface area (Å²) in [4.78, 5) is 13.9. The summed E-state index contributed by atoms with van der Waals surface area (Å²) in [5.74, 6) is 6.82. The lowest BCUT2D eigenvalue weighted by atomic mass is 10.00. The molecule has 2 aliphatic rings. The van der Waals surface area contributed by atoms with E-state index in [1.54, 1.807) is 48.5 Å². The van der Waals surface area contributed by atoms with E-state index in [1.807, 2.05) is 13.0 Å². The van der Waals surface area contributed by atoms with Crippen LogP contribution in [0.1, 0.15) is 64.6 Å². The number of ether oxygens (including phenoxy) is 1. The number of hydrogen-bond donors (Lipinski definition) is 2. The maximum absolute atomic E-state index is 11.8. The standard InChI is InChI=1S/C33H28Cl3N3O4.ClH/c1-19(29-31(38-43-32(29)22-7-8-22)30-26(34)3-2-4-27(30)35)42-25-10-9-21(28(36)18-25)6-5-20-15-23(33(40)41)17-24(16-20)39-13-11-37-12-14-39;/h2-4,9-10,15-19,22,37H,7-8,11-14H2,1H3,(H,40,41);1H. The van der Waals surface area contributed by atoms with Crippen molar-refractivity contribution in [2.24, 2.45) is 0 Å². The highest BCUT2D eigenvalue weighted by molar-refractivity contribution is 6.39. The highest BCUT2D eigenvalue weighted by Crippen LogP contribution is 2.48. The average Bonchev–Trinajstić information content (AvgIpc) is 3.75. The van der Waals surface area contributed by atoms with E-state index in [2.05, 4.69) is 27.2 Å². The first-order valence-corrected chi connectivity index (χ1v) is 15.2. The van der Waals surface area contributed by atoms with Crippen molar-refractivity contribution in [2.45, 2.75) is 31.8 Å². The predicted octanol–water partition coefficient (Wildman–Crippen LogP) is 8.25. The number of carboxylic acids is 1.